The van der Waals surface area contributed by atoms with Gasteiger partial charge in [0.05, 0.1) is 13.3 Å². The second kappa shape index (κ2) is 28.3. The lowest BCUT2D eigenvalue weighted by Gasteiger charge is -2.42. The summed E-state index contributed by atoms with van der Waals surface area (Å²) in [5.74, 6) is 0. The normalized spacial score (nSPS) is 12.8. The summed E-state index contributed by atoms with van der Waals surface area (Å²) < 4.78 is 49.9. The standard InChI is InChI=1S/2C16H39N3P.H2O4S/c2*1-8-11-14-17(4)20(7,18(5)15-12-9-2)19(6)16-13-10-3;1-5(2,3)4/h2*8-16H2,1-7H3;(H2,1,2,3,4)/q2*+1;/p-2. The minimum atomic E-state index is -5.17. The van der Waals surface area contributed by atoms with Crippen LogP contribution in [0.5, 0.6) is 0 Å². The molecule has 0 N–H and O–H groups in total. The van der Waals surface area contributed by atoms with E-state index in [1.54, 1.807) is 0 Å². The van der Waals surface area contributed by atoms with Gasteiger partial charge in [-0.2, -0.15) is 28.0 Å². The van der Waals surface area contributed by atoms with Crippen molar-refractivity contribution < 1.29 is 17.5 Å². The zero-order valence-corrected chi connectivity index (χ0v) is 35.0. The Bertz CT molecular complexity index is 657. The van der Waals surface area contributed by atoms with E-state index in [1.807, 2.05) is 0 Å². The predicted molar refractivity (Wildman–Crippen MR) is 201 cm³/mol. The Balaban J connectivity index is -0.000000680. The zero-order valence-electron chi connectivity index (χ0n) is 32.3. The van der Waals surface area contributed by atoms with Crippen molar-refractivity contribution in [3.8, 4) is 0 Å². The highest BCUT2D eigenvalue weighted by Crippen LogP contribution is 2.63. The van der Waals surface area contributed by atoms with Crippen LogP contribution in [0, 0.1) is 0 Å². The van der Waals surface area contributed by atoms with E-state index in [-0.39, 0.29) is 0 Å². The Morgan fingerprint density at radius 1 is 0.400 bits per heavy atom. The average Bonchev–Trinajstić information content (AvgIpc) is 2.99. The molecule has 0 atom stereocenters. The smallest absolute Gasteiger partial charge is 0.223 e. The first-order chi connectivity index (χ1) is 20.9. The molecule has 0 saturated heterocycles. The molecule has 0 aliphatic rings. The summed E-state index contributed by atoms with van der Waals surface area (Å²) in [7, 11) is 6.14. The maximum absolute atomic E-state index is 8.52. The third kappa shape index (κ3) is 22.0. The predicted octanol–water partition coefficient (Wildman–Crippen LogP) is 7.81. The van der Waals surface area contributed by atoms with Gasteiger partial charge < -0.3 is 9.11 Å². The fourth-order valence-corrected chi connectivity index (χ4v) is 11.3. The summed E-state index contributed by atoms with van der Waals surface area (Å²) in [6.07, 6.45) is 15.5. The Morgan fingerprint density at radius 2 is 0.511 bits per heavy atom. The van der Waals surface area contributed by atoms with E-state index in [0.717, 1.165) is 0 Å². The number of hydrogen-bond acceptors (Lipinski definition) is 10. The third-order valence-corrected chi connectivity index (χ3v) is 17.9. The fraction of sp³-hybridized carbons (Fsp3) is 1.00. The van der Waals surface area contributed by atoms with Crippen LogP contribution < -0.4 is 0 Å². The van der Waals surface area contributed by atoms with Gasteiger partial charge in [0.25, 0.3) is 0 Å². The first-order valence-corrected chi connectivity index (χ1v) is 23.1. The van der Waals surface area contributed by atoms with Gasteiger partial charge in [0, 0.05) is 92.0 Å². The van der Waals surface area contributed by atoms with E-state index in [0.29, 0.717) is 0 Å². The molecule has 45 heavy (non-hydrogen) atoms. The van der Waals surface area contributed by atoms with Crippen molar-refractivity contribution in [1.82, 2.24) is 28.0 Å². The Kier molecular flexibility index (Phi) is 31.4. The summed E-state index contributed by atoms with van der Waals surface area (Å²) in [5, 5.41) is 0. The molecule has 0 radical (unpaired) electrons. The molecule has 0 rings (SSSR count). The zero-order chi connectivity index (χ0) is 35.7. The van der Waals surface area contributed by atoms with Gasteiger partial charge in [-0.1, -0.05) is 80.1 Å². The molecular weight excluding hydrogens is 626 g/mol. The van der Waals surface area contributed by atoms with Crippen LogP contribution in [-0.4, -0.2) is 140 Å². The summed E-state index contributed by atoms with van der Waals surface area (Å²) in [5.41, 5.74) is 0. The first-order valence-electron chi connectivity index (χ1n) is 17.6. The number of hydrogen-bond donors (Lipinski definition) is 0. The molecular formula is C32H78N6O4P2S. The van der Waals surface area contributed by atoms with Gasteiger partial charge in [0.15, 0.2) is 0 Å². The van der Waals surface area contributed by atoms with E-state index in [9.17, 15) is 0 Å². The van der Waals surface area contributed by atoms with Crippen LogP contribution in [0.15, 0.2) is 0 Å². The molecule has 0 amide bonds. The van der Waals surface area contributed by atoms with Gasteiger partial charge in [0.2, 0.25) is 15.4 Å². The first kappa shape index (κ1) is 49.9. The van der Waals surface area contributed by atoms with Crippen LogP contribution in [0.25, 0.3) is 0 Å². The minimum absolute atomic E-state index is 1.22. The Labute approximate surface area is 284 Å². The van der Waals surface area contributed by atoms with Crippen LogP contribution in [-0.2, 0) is 10.4 Å². The second-order valence-corrected chi connectivity index (χ2v) is 20.9. The van der Waals surface area contributed by atoms with Crippen LogP contribution in [0.1, 0.15) is 119 Å². The molecule has 0 unspecified atom stereocenters. The maximum Gasteiger partial charge on any atom is 0.223 e. The summed E-state index contributed by atoms with van der Waals surface area (Å²) >= 11 is 0. The van der Waals surface area contributed by atoms with Crippen LogP contribution in [0.4, 0.5) is 0 Å². The molecule has 0 spiro atoms. The topological polar surface area (TPSA) is 99.7 Å². The fourth-order valence-electron chi connectivity index (χ4n) is 5.02. The van der Waals surface area contributed by atoms with Crippen molar-refractivity contribution in [2.45, 2.75) is 119 Å². The van der Waals surface area contributed by atoms with Crippen molar-refractivity contribution in [3.63, 3.8) is 0 Å². The number of nitrogens with zero attached hydrogens (tertiary/aromatic N) is 6. The molecule has 13 heteroatoms. The summed E-state index contributed by atoms with van der Waals surface area (Å²) in [6, 6.07) is 0. The maximum atomic E-state index is 8.52. The van der Waals surface area contributed by atoms with Crippen molar-refractivity contribution in [1.29, 1.82) is 0 Å². The summed E-state index contributed by atoms with van der Waals surface area (Å²) in [4.78, 5) is 0. The minimum Gasteiger partial charge on any atom is -0.759 e. The van der Waals surface area contributed by atoms with Crippen molar-refractivity contribution in [2.75, 3.05) is 94.9 Å². The van der Waals surface area contributed by atoms with Gasteiger partial charge in [-0.15, -0.1) is 0 Å². The van der Waals surface area contributed by atoms with Crippen LogP contribution in [0.3, 0.4) is 0 Å². The largest absolute Gasteiger partial charge is 0.759 e. The van der Waals surface area contributed by atoms with Gasteiger partial charge in [-0.25, -0.2) is 0 Å². The number of rotatable bonds is 24. The van der Waals surface area contributed by atoms with Gasteiger partial charge in [0.1, 0.15) is 0 Å². The molecule has 0 aromatic rings. The molecule has 0 aliphatic heterocycles. The lowest BCUT2D eigenvalue weighted by atomic mass is 10.3. The van der Waals surface area contributed by atoms with E-state index < -0.39 is 25.8 Å². The van der Waals surface area contributed by atoms with Gasteiger partial charge in [-0.05, 0) is 38.5 Å². The molecule has 0 heterocycles. The van der Waals surface area contributed by atoms with E-state index in [2.05, 4.69) is 125 Å². The molecule has 0 bridgehead atoms. The van der Waals surface area contributed by atoms with Crippen LogP contribution >= 0.6 is 15.4 Å². The van der Waals surface area contributed by atoms with E-state index >= 15 is 0 Å². The molecule has 276 valence electrons. The van der Waals surface area contributed by atoms with Crippen molar-refractivity contribution in [3.05, 3.63) is 0 Å². The Morgan fingerprint density at radius 3 is 0.600 bits per heavy atom. The second-order valence-electron chi connectivity index (χ2n) is 12.6. The van der Waals surface area contributed by atoms with Gasteiger partial charge >= 0.3 is 0 Å². The van der Waals surface area contributed by atoms with E-state index in [4.69, 9.17) is 17.5 Å². The molecule has 0 aromatic heterocycles. The SMILES string of the molecule is CCCCN(C)[P+](C)(N(C)CCCC)N(C)CCCC.CCCCN(C)[P+](C)(N(C)CCCC)N(C)CCCC.O=S(=O)([O-])[O-]. The van der Waals surface area contributed by atoms with Crippen molar-refractivity contribution in [2.24, 2.45) is 0 Å². The number of unbranched alkanes of at least 4 members (excludes halogenated alkanes) is 6. The van der Waals surface area contributed by atoms with Crippen molar-refractivity contribution >= 4 is 25.8 Å². The molecule has 0 aromatic carbocycles. The molecule has 10 nitrogen and oxygen atoms in total. The lowest BCUT2D eigenvalue weighted by molar-refractivity contribution is 0.352. The lowest BCUT2D eigenvalue weighted by Crippen LogP contribution is -2.41. The quantitative estimate of drug-likeness (QED) is 0.0562. The third-order valence-electron chi connectivity index (χ3n) is 8.89. The monoisotopic (exact) mass is 705 g/mol. The highest BCUT2D eigenvalue weighted by molar-refractivity contribution is 7.79. The highest BCUT2D eigenvalue weighted by Gasteiger charge is 2.47. The highest BCUT2D eigenvalue weighted by atomic mass is 32.3. The Hall–Kier alpha value is 0.490. The molecule has 0 fully saturated rings. The van der Waals surface area contributed by atoms with Crippen LogP contribution in [0.2, 0.25) is 0 Å². The summed E-state index contributed by atoms with van der Waals surface area (Å²) in [6.45, 7) is 26.0. The van der Waals surface area contributed by atoms with Gasteiger partial charge in [-0.3, -0.25) is 8.42 Å². The molecule has 0 saturated carbocycles. The molecule has 0 aliphatic carbocycles. The average molecular weight is 705 g/mol. The van der Waals surface area contributed by atoms with E-state index in [1.165, 1.54) is 116 Å².